The maximum Gasteiger partial charge on any atom is 0.373 e. The summed E-state index contributed by atoms with van der Waals surface area (Å²) in [6.45, 7) is 5.85. The molecule has 1 aromatic rings. The first kappa shape index (κ1) is 12.7. The first-order chi connectivity index (χ1) is 7.55. The molecule has 0 saturated heterocycles. The van der Waals surface area contributed by atoms with Gasteiger partial charge in [0, 0.05) is 0 Å². The van der Waals surface area contributed by atoms with Gasteiger partial charge >= 0.3 is 5.97 Å². The van der Waals surface area contributed by atoms with Crippen LogP contribution in [0.15, 0.2) is 30.3 Å². The fourth-order valence-corrected chi connectivity index (χ4v) is 1.42. The maximum absolute atomic E-state index is 11.5. The van der Waals surface area contributed by atoms with Crippen molar-refractivity contribution in [3.05, 3.63) is 35.9 Å². The third-order valence-corrected chi connectivity index (χ3v) is 2.20. The van der Waals surface area contributed by atoms with Gasteiger partial charge in [0.2, 0.25) is 0 Å². The van der Waals surface area contributed by atoms with Crippen LogP contribution in [0.25, 0.3) is 0 Å². The lowest BCUT2D eigenvalue weighted by atomic mass is 10.0. The molecule has 0 aromatic heterocycles. The highest BCUT2D eigenvalue weighted by Gasteiger charge is 2.21. The lowest BCUT2D eigenvalue weighted by Gasteiger charge is -2.21. The minimum Gasteiger partial charge on any atom is -0.292 e. The van der Waals surface area contributed by atoms with Crippen LogP contribution in [-0.4, -0.2) is 11.6 Å². The molecule has 0 aliphatic carbocycles. The minimum atomic E-state index is -0.454. The molecule has 1 rings (SSSR count). The average molecular weight is 222 g/mol. The van der Waals surface area contributed by atoms with E-state index >= 15 is 0 Å². The van der Waals surface area contributed by atoms with Gasteiger partial charge in [0.05, 0.1) is 5.56 Å². The third-order valence-electron chi connectivity index (χ3n) is 2.20. The molecule has 16 heavy (non-hydrogen) atoms. The largest absolute Gasteiger partial charge is 0.373 e. The molecule has 3 nitrogen and oxygen atoms in total. The Morgan fingerprint density at radius 2 is 1.88 bits per heavy atom. The van der Waals surface area contributed by atoms with E-state index in [2.05, 4.69) is 6.92 Å². The highest BCUT2D eigenvalue weighted by Crippen LogP contribution is 2.17. The summed E-state index contributed by atoms with van der Waals surface area (Å²) in [7, 11) is 0. The molecule has 0 amide bonds. The maximum atomic E-state index is 11.5. The number of hydrogen-bond donors (Lipinski definition) is 0. The van der Waals surface area contributed by atoms with Crippen LogP contribution in [0.1, 0.15) is 44.0 Å². The van der Waals surface area contributed by atoms with Crippen LogP contribution in [0.2, 0.25) is 0 Å². The summed E-state index contributed by atoms with van der Waals surface area (Å²) in [5.74, 6) is -0.454. The van der Waals surface area contributed by atoms with Crippen molar-refractivity contribution in [1.82, 2.24) is 0 Å². The lowest BCUT2D eigenvalue weighted by Crippen LogP contribution is -2.26. The van der Waals surface area contributed by atoms with Crippen LogP contribution in [0.5, 0.6) is 0 Å². The molecule has 0 aliphatic rings. The van der Waals surface area contributed by atoms with Gasteiger partial charge in [-0.15, -0.1) is 0 Å². The smallest absolute Gasteiger partial charge is 0.292 e. The Morgan fingerprint density at radius 1 is 1.25 bits per heavy atom. The van der Waals surface area contributed by atoms with Gasteiger partial charge in [-0.1, -0.05) is 31.5 Å². The van der Waals surface area contributed by atoms with Crippen LogP contribution in [0.3, 0.4) is 0 Å². The molecule has 0 heterocycles. The van der Waals surface area contributed by atoms with Crippen LogP contribution < -0.4 is 0 Å². The summed E-state index contributed by atoms with van der Waals surface area (Å²) >= 11 is 0. The molecule has 0 aliphatic heterocycles. The molecule has 0 radical (unpaired) electrons. The van der Waals surface area contributed by atoms with Crippen LogP contribution in [0, 0.1) is 0 Å². The Bertz CT molecular complexity index is 330. The topological polar surface area (TPSA) is 35.5 Å². The summed E-state index contributed by atoms with van der Waals surface area (Å²) in [6, 6.07) is 8.80. The molecule has 0 bridgehead atoms. The minimum absolute atomic E-state index is 0.431. The molecule has 0 spiro atoms. The molecule has 1 aromatic carbocycles. The molecule has 88 valence electrons. The Morgan fingerprint density at radius 3 is 2.44 bits per heavy atom. The van der Waals surface area contributed by atoms with Gasteiger partial charge in [-0.2, -0.15) is 4.89 Å². The van der Waals surface area contributed by atoms with Gasteiger partial charge in [-0.3, -0.25) is 4.89 Å². The summed E-state index contributed by atoms with van der Waals surface area (Å²) in [5.41, 5.74) is 0.0638. The second-order valence-electron chi connectivity index (χ2n) is 4.33. The second-order valence-corrected chi connectivity index (χ2v) is 4.33. The van der Waals surface area contributed by atoms with Gasteiger partial charge in [-0.25, -0.2) is 4.79 Å². The van der Waals surface area contributed by atoms with Crippen LogP contribution >= 0.6 is 0 Å². The van der Waals surface area contributed by atoms with Crippen LogP contribution in [0.4, 0.5) is 0 Å². The van der Waals surface area contributed by atoms with Crippen LogP contribution in [-0.2, 0) is 9.78 Å². The molecule has 3 heteroatoms. The van der Waals surface area contributed by atoms with E-state index in [0.29, 0.717) is 5.56 Å². The molecule has 0 N–H and O–H groups in total. The Hall–Kier alpha value is -1.35. The monoisotopic (exact) mass is 222 g/mol. The van der Waals surface area contributed by atoms with Crippen molar-refractivity contribution in [3.8, 4) is 0 Å². The van der Waals surface area contributed by atoms with E-state index in [0.717, 1.165) is 12.8 Å². The molecular formula is C13H18O3. The summed E-state index contributed by atoms with van der Waals surface area (Å²) in [6.07, 6.45) is 1.82. The molecule has 0 atom stereocenters. The lowest BCUT2D eigenvalue weighted by molar-refractivity contribution is -0.308. The number of rotatable bonds is 5. The van der Waals surface area contributed by atoms with E-state index in [-0.39, 0.29) is 0 Å². The Balaban J connectivity index is 2.48. The zero-order valence-corrected chi connectivity index (χ0v) is 10.0. The van der Waals surface area contributed by atoms with Crippen molar-refractivity contribution in [3.63, 3.8) is 0 Å². The van der Waals surface area contributed by atoms with Crippen molar-refractivity contribution in [2.24, 2.45) is 0 Å². The van der Waals surface area contributed by atoms with E-state index in [9.17, 15) is 4.79 Å². The average Bonchev–Trinajstić information content (AvgIpc) is 2.27. The Kier molecular flexibility index (Phi) is 4.50. The van der Waals surface area contributed by atoms with Gasteiger partial charge in [0.25, 0.3) is 0 Å². The Labute approximate surface area is 96.3 Å². The predicted molar refractivity (Wildman–Crippen MR) is 61.9 cm³/mol. The second kappa shape index (κ2) is 5.66. The zero-order chi connectivity index (χ0) is 12.0. The fraction of sp³-hybridized carbons (Fsp3) is 0.462. The van der Waals surface area contributed by atoms with E-state index in [1.165, 1.54) is 0 Å². The number of hydrogen-bond acceptors (Lipinski definition) is 3. The van der Waals surface area contributed by atoms with Gasteiger partial charge in [0.1, 0.15) is 5.60 Å². The highest BCUT2D eigenvalue weighted by atomic mass is 17.2. The molecule has 0 unspecified atom stereocenters. The standard InChI is InChI=1S/C13H18O3/c1-4-10-13(2,3)16-15-12(14)11-8-6-5-7-9-11/h5-9H,4,10H2,1-3H3. The van der Waals surface area contributed by atoms with Gasteiger partial charge in [-0.05, 0) is 32.4 Å². The van der Waals surface area contributed by atoms with E-state index in [4.69, 9.17) is 9.78 Å². The number of benzene rings is 1. The number of carbonyl (C=O) groups excluding carboxylic acids is 1. The first-order valence-electron chi connectivity index (χ1n) is 5.50. The quantitative estimate of drug-likeness (QED) is 0.566. The fourth-order valence-electron chi connectivity index (χ4n) is 1.42. The van der Waals surface area contributed by atoms with E-state index < -0.39 is 11.6 Å². The van der Waals surface area contributed by atoms with Crippen molar-refractivity contribution >= 4 is 5.97 Å². The third kappa shape index (κ3) is 4.03. The summed E-state index contributed by atoms with van der Waals surface area (Å²) in [5, 5.41) is 0. The van der Waals surface area contributed by atoms with Crippen molar-refractivity contribution < 1.29 is 14.6 Å². The molecular weight excluding hydrogens is 204 g/mol. The van der Waals surface area contributed by atoms with Gasteiger partial charge < -0.3 is 0 Å². The zero-order valence-electron chi connectivity index (χ0n) is 10.0. The highest BCUT2D eigenvalue weighted by molar-refractivity contribution is 5.88. The first-order valence-corrected chi connectivity index (χ1v) is 5.50. The summed E-state index contributed by atoms with van der Waals surface area (Å²) in [4.78, 5) is 21.5. The summed E-state index contributed by atoms with van der Waals surface area (Å²) < 4.78 is 0. The van der Waals surface area contributed by atoms with Crippen molar-refractivity contribution in [2.45, 2.75) is 39.2 Å². The van der Waals surface area contributed by atoms with E-state index in [1.54, 1.807) is 24.3 Å². The van der Waals surface area contributed by atoms with Gasteiger partial charge in [0.15, 0.2) is 0 Å². The van der Waals surface area contributed by atoms with Crippen molar-refractivity contribution in [1.29, 1.82) is 0 Å². The normalized spacial score (nSPS) is 11.2. The molecule has 0 saturated carbocycles. The van der Waals surface area contributed by atoms with E-state index in [1.807, 2.05) is 19.9 Å². The SMILES string of the molecule is CCCC(C)(C)OOC(=O)c1ccccc1. The molecule has 0 fully saturated rings. The number of carbonyl (C=O) groups is 1. The van der Waals surface area contributed by atoms with Crippen molar-refractivity contribution in [2.75, 3.05) is 0 Å². The predicted octanol–water partition coefficient (Wildman–Crippen LogP) is 3.35.